The molecule has 0 fully saturated rings. The SMILES string of the molecule is Cl[SiH](Cl)CCCBr. The highest BCUT2D eigenvalue weighted by molar-refractivity contribution is 9.09. The van der Waals surface area contributed by atoms with Crippen molar-refractivity contribution in [3.05, 3.63) is 0 Å². The minimum Gasteiger partial charge on any atom is -0.150 e. The first-order valence-corrected chi connectivity index (χ1v) is 7.54. The Morgan fingerprint density at radius 2 is 2.00 bits per heavy atom. The van der Waals surface area contributed by atoms with E-state index in [2.05, 4.69) is 15.9 Å². The van der Waals surface area contributed by atoms with Crippen LogP contribution >= 0.6 is 38.1 Å². The molecular formula is C3H7BrCl2Si. The Bertz CT molecular complexity index is 41.9. The molecule has 0 aromatic carbocycles. The number of hydrogen-bond donors (Lipinski definition) is 0. The summed E-state index contributed by atoms with van der Waals surface area (Å²) in [6.45, 7) is 0. The lowest BCUT2D eigenvalue weighted by Gasteiger charge is -1.91. The Balaban J connectivity index is 2.68. The second-order valence-electron chi connectivity index (χ2n) is 1.22. The summed E-state index contributed by atoms with van der Waals surface area (Å²) in [4.78, 5) is 0. The van der Waals surface area contributed by atoms with Crippen LogP contribution in [-0.4, -0.2) is 12.7 Å². The van der Waals surface area contributed by atoms with E-state index in [0.717, 1.165) is 17.8 Å². The van der Waals surface area contributed by atoms with Gasteiger partial charge in [0.2, 0.25) is 7.42 Å². The van der Waals surface area contributed by atoms with Crippen LogP contribution in [0.2, 0.25) is 6.04 Å². The topological polar surface area (TPSA) is 0 Å². The van der Waals surface area contributed by atoms with Crippen molar-refractivity contribution in [1.29, 1.82) is 0 Å². The van der Waals surface area contributed by atoms with Gasteiger partial charge in [-0.15, -0.1) is 0 Å². The van der Waals surface area contributed by atoms with Crippen LogP contribution in [0.5, 0.6) is 0 Å². The molecule has 44 valence electrons. The third-order valence-corrected chi connectivity index (χ3v) is 3.27. The maximum Gasteiger partial charge on any atom is 0.237 e. The van der Waals surface area contributed by atoms with E-state index >= 15 is 0 Å². The van der Waals surface area contributed by atoms with Crippen LogP contribution in [0.1, 0.15) is 6.42 Å². The molecule has 0 N–H and O–H groups in total. The van der Waals surface area contributed by atoms with E-state index in [9.17, 15) is 0 Å². The number of halogens is 3. The molecule has 0 rings (SSSR count). The molecule has 0 saturated heterocycles. The molecule has 0 spiro atoms. The van der Waals surface area contributed by atoms with Gasteiger partial charge in [0.05, 0.1) is 0 Å². The summed E-state index contributed by atoms with van der Waals surface area (Å²) in [5.74, 6) is 0. The lowest BCUT2D eigenvalue weighted by Crippen LogP contribution is -1.90. The molecule has 0 nitrogen and oxygen atoms in total. The quantitative estimate of drug-likeness (QED) is 0.391. The molecule has 4 heteroatoms. The maximum absolute atomic E-state index is 5.54. The summed E-state index contributed by atoms with van der Waals surface area (Å²) < 4.78 is 0. The molecule has 0 amide bonds. The Morgan fingerprint density at radius 1 is 1.43 bits per heavy atom. The minimum atomic E-state index is -1.27. The molecule has 0 aliphatic rings. The van der Waals surface area contributed by atoms with Crippen LogP contribution in [0.25, 0.3) is 0 Å². The van der Waals surface area contributed by atoms with Gasteiger partial charge in [-0.2, -0.15) is 22.2 Å². The first-order chi connectivity index (χ1) is 3.27. The van der Waals surface area contributed by atoms with Gasteiger partial charge in [-0.1, -0.05) is 15.9 Å². The van der Waals surface area contributed by atoms with Gasteiger partial charge in [0.15, 0.2) is 0 Å². The number of hydrogen-bond acceptors (Lipinski definition) is 0. The highest BCUT2D eigenvalue weighted by atomic mass is 79.9. The van der Waals surface area contributed by atoms with Crippen molar-refractivity contribution in [1.82, 2.24) is 0 Å². The first-order valence-electron chi connectivity index (χ1n) is 2.11. The minimum absolute atomic E-state index is 1.02. The number of alkyl halides is 1. The molecule has 0 aliphatic carbocycles. The van der Waals surface area contributed by atoms with Crippen molar-refractivity contribution in [2.75, 3.05) is 5.33 Å². The van der Waals surface area contributed by atoms with Crippen LogP contribution in [0.4, 0.5) is 0 Å². The summed E-state index contributed by atoms with van der Waals surface area (Å²) in [5, 5.41) is 1.02. The van der Waals surface area contributed by atoms with E-state index < -0.39 is 7.42 Å². The molecule has 0 unspecified atom stereocenters. The maximum atomic E-state index is 5.54. The molecule has 0 aromatic rings. The molecular weight excluding hydrogens is 215 g/mol. The lowest BCUT2D eigenvalue weighted by molar-refractivity contribution is 1.11. The van der Waals surface area contributed by atoms with Gasteiger partial charge < -0.3 is 0 Å². The second-order valence-corrected chi connectivity index (χ2v) is 7.21. The predicted octanol–water partition coefficient (Wildman–Crippen LogP) is 2.47. The predicted molar refractivity (Wildman–Crippen MR) is 42.1 cm³/mol. The number of rotatable bonds is 3. The van der Waals surface area contributed by atoms with Gasteiger partial charge >= 0.3 is 0 Å². The third kappa shape index (κ3) is 7.28. The zero-order chi connectivity index (χ0) is 5.70. The van der Waals surface area contributed by atoms with Crippen LogP contribution in [0.15, 0.2) is 0 Å². The molecule has 0 heterocycles. The fraction of sp³-hybridized carbons (Fsp3) is 1.00. The summed E-state index contributed by atoms with van der Waals surface area (Å²) in [6, 6.07) is 1.02. The van der Waals surface area contributed by atoms with E-state index in [0.29, 0.717) is 0 Å². The molecule has 0 atom stereocenters. The molecule has 0 aromatic heterocycles. The first kappa shape index (κ1) is 8.28. The summed E-state index contributed by atoms with van der Waals surface area (Å²) >= 11 is 14.4. The van der Waals surface area contributed by atoms with E-state index in [-0.39, 0.29) is 0 Å². The Hall–Kier alpha value is 1.28. The van der Waals surface area contributed by atoms with Gasteiger partial charge in [-0.05, 0) is 12.5 Å². The van der Waals surface area contributed by atoms with Crippen LogP contribution in [-0.2, 0) is 0 Å². The van der Waals surface area contributed by atoms with Gasteiger partial charge in [-0.25, -0.2) is 0 Å². The third-order valence-electron chi connectivity index (χ3n) is 0.556. The molecule has 0 saturated carbocycles. The standard InChI is InChI=1S/C3H7BrCl2Si/c4-2-1-3-7(5)6/h7H,1-3H2. The summed E-state index contributed by atoms with van der Waals surface area (Å²) in [5.41, 5.74) is 0. The molecule has 0 radical (unpaired) electrons. The highest BCUT2D eigenvalue weighted by Crippen LogP contribution is 2.06. The van der Waals surface area contributed by atoms with E-state index in [1.54, 1.807) is 0 Å². The fourth-order valence-corrected chi connectivity index (χ4v) is 2.59. The Morgan fingerprint density at radius 3 is 2.14 bits per heavy atom. The lowest BCUT2D eigenvalue weighted by atomic mass is 10.6. The van der Waals surface area contributed by atoms with Crippen LogP contribution in [0.3, 0.4) is 0 Å². The highest BCUT2D eigenvalue weighted by Gasteiger charge is 1.98. The summed E-state index contributed by atoms with van der Waals surface area (Å²) in [7, 11) is -1.27. The summed E-state index contributed by atoms with van der Waals surface area (Å²) in [6.07, 6.45) is 1.11. The van der Waals surface area contributed by atoms with Crippen molar-refractivity contribution >= 4 is 45.5 Å². The smallest absolute Gasteiger partial charge is 0.150 e. The monoisotopic (exact) mass is 220 g/mol. The van der Waals surface area contributed by atoms with Gasteiger partial charge in [0.1, 0.15) is 0 Å². The van der Waals surface area contributed by atoms with Crippen molar-refractivity contribution < 1.29 is 0 Å². The van der Waals surface area contributed by atoms with E-state index in [1.165, 1.54) is 0 Å². The van der Waals surface area contributed by atoms with E-state index in [4.69, 9.17) is 22.2 Å². The fourth-order valence-electron chi connectivity index (χ4n) is 0.231. The van der Waals surface area contributed by atoms with E-state index in [1.807, 2.05) is 0 Å². The van der Waals surface area contributed by atoms with Gasteiger partial charge in [0, 0.05) is 5.33 Å². The molecule has 0 bridgehead atoms. The zero-order valence-electron chi connectivity index (χ0n) is 3.83. The van der Waals surface area contributed by atoms with Crippen molar-refractivity contribution in [3.63, 3.8) is 0 Å². The Labute approximate surface area is 63.3 Å². The van der Waals surface area contributed by atoms with Gasteiger partial charge in [-0.3, -0.25) is 0 Å². The van der Waals surface area contributed by atoms with Crippen molar-refractivity contribution in [2.24, 2.45) is 0 Å². The Kier molecular flexibility index (Phi) is 6.40. The normalized spacial score (nSPS) is 10.3. The van der Waals surface area contributed by atoms with Crippen LogP contribution < -0.4 is 0 Å². The molecule has 0 aliphatic heterocycles. The largest absolute Gasteiger partial charge is 0.237 e. The zero-order valence-corrected chi connectivity index (χ0v) is 8.09. The molecule has 7 heavy (non-hydrogen) atoms. The average molecular weight is 222 g/mol. The van der Waals surface area contributed by atoms with Gasteiger partial charge in [0.25, 0.3) is 0 Å². The second kappa shape index (κ2) is 5.41. The van der Waals surface area contributed by atoms with Crippen LogP contribution in [0, 0.1) is 0 Å². The average Bonchev–Trinajstić information content (AvgIpc) is 1.61. The van der Waals surface area contributed by atoms with Crippen molar-refractivity contribution in [3.8, 4) is 0 Å². The van der Waals surface area contributed by atoms with Crippen molar-refractivity contribution in [2.45, 2.75) is 12.5 Å².